The van der Waals surface area contributed by atoms with Crippen LogP contribution >= 0.6 is 0 Å². The van der Waals surface area contributed by atoms with Crippen molar-refractivity contribution in [3.8, 4) is 0 Å². The molecule has 19 heavy (non-hydrogen) atoms. The van der Waals surface area contributed by atoms with E-state index < -0.39 is 0 Å². The Bertz CT molecular complexity index is 378. The van der Waals surface area contributed by atoms with Crippen LogP contribution in [-0.4, -0.2) is 43.7 Å². The van der Waals surface area contributed by atoms with Gasteiger partial charge in [-0.1, -0.05) is 13.8 Å². The maximum absolute atomic E-state index is 4.50. The highest BCUT2D eigenvalue weighted by atomic mass is 15.2. The van der Waals surface area contributed by atoms with Crippen LogP contribution in [0.5, 0.6) is 0 Å². The first-order chi connectivity index (χ1) is 9.02. The molecule has 2 N–H and O–H groups in total. The molecule has 1 aromatic heterocycles. The minimum Gasteiger partial charge on any atom is -0.369 e. The SMILES string of the molecule is CNCCNc1cc(N(C)CCC(C)C)nc(C)n1. The van der Waals surface area contributed by atoms with Crippen LogP contribution in [0.3, 0.4) is 0 Å². The summed E-state index contributed by atoms with van der Waals surface area (Å²) in [4.78, 5) is 11.1. The van der Waals surface area contributed by atoms with Gasteiger partial charge in [-0.15, -0.1) is 0 Å². The molecule has 0 bridgehead atoms. The van der Waals surface area contributed by atoms with E-state index >= 15 is 0 Å². The van der Waals surface area contributed by atoms with Crippen molar-refractivity contribution in [2.24, 2.45) is 5.92 Å². The Balaban J connectivity index is 2.66. The van der Waals surface area contributed by atoms with Gasteiger partial charge in [-0.25, -0.2) is 9.97 Å². The molecular weight excluding hydrogens is 238 g/mol. The van der Waals surface area contributed by atoms with Crippen LogP contribution in [0.2, 0.25) is 0 Å². The van der Waals surface area contributed by atoms with Crippen molar-refractivity contribution in [1.82, 2.24) is 15.3 Å². The Morgan fingerprint density at radius 1 is 1.26 bits per heavy atom. The standard InChI is InChI=1S/C14H27N5/c1-11(2)6-9-19(5)14-10-13(16-8-7-15-4)17-12(3)18-14/h10-11,15H,6-9H2,1-5H3,(H,16,17,18). The number of nitrogens with one attached hydrogen (secondary N) is 2. The third-order valence-corrected chi connectivity index (χ3v) is 2.94. The van der Waals surface area contributed by atoms with E-state index in [9.17, 15) is 0 Å². The molecule has 0 aliphatic rings. The molecule has 0 fully saturated rings. The predicted octanol–water partition coefficient (Wildman–Crippen LogP) is 1.90. The van der Waals surface area contributed by atoms with Gasteiger partial charge in [0, 0.05) is 32.7 Å². The van der Waals surface area contributed by atoms with Gasteiger partial charge in [-0.05, 0) is 26.3 Å². The minimum atomic E-state index is 0.707. The van der Waals surface area contributed by atoms with Crippen LogP contribution in [0.1, 0.15) is 26.1 Å². The molecule has 0 atom stereocenters. The number of nitrogens with zero attached hydrogens (tertiary/aromatic N) is 3. The smallest absolute Gasteiger partial charge is 0.134 e. The first kappa shape index (κ1) is 15.7. The molecule has 0 aliphatic heterocycles. The van der Waals surface area contributed by atoms with E-state index in [1.54, 1.807) is 0 Å². The third kappa shape index (κ3) is 5.87. The second-order valence-electron chi connectivity index (χ2n) is 5.29. The van der Waals surface area contributed by atoms with Gasteiger partial charge in [0.2, 0.25) is 0 Å². The highest BCUT2D eigenvalue weighted by molar-refractivity contribution is 5.48. The molecule has 0 spiro atoms. The lowest BCUT2D eigenvalue weighted by Gasteiger charge is -2.20. The summed E-state index contributed by atoms with van der Waals surface area (Å²) in [6.07, 6.45) is 1.17. The van der Waals surface area contributed by atoms with Gasteiger partial charge in [0.15, 0.2) is 0 Å². The molecule has 5 heteroatoms. The lowest BCUT2D eigenvalue weighted by molar-refractivity contribution is 0.583. The van der Waals surface area contributed by atoms with Crippen LogP contribution in [0, 0.1) is 12.8 Å². The molecule has 0 unspecified atom stereocenters. The maximum Gasteiger partial charge on any atom is 0.134 e. The van der Waals surface area contributed by atoms with Gasteiger partial charge >= 0.3 is 0 Å². The van der Waals surface area contributed by atoms with E-state index in [0.29, 0.717) is 5.92 Å². The first-order valence-electron chi connectivity index (χ1n) is 6.98. The lowest BCUT2D eigenvalue weighted by atomic mass is 10.1. The number of hydrogen-bond donors (Lipinski definition) is 2. The fourth-order valence-electron chi connectivity index (χ4n) is 1.72. The minimum absolute atomic E-state index is 0.707. The Hall–Kier alpha value is -1.36. The average Bonchev–Trinajstić information content (AvgIpc) is 2.35. The summed E-state index contributed by atoms with van der Waals surface area (Å²) in [6, 6.07) is 2.02. The zero-order valence-electron chi connectivity index (χ0n) is 12.8. The van der Waals surface area contributed by atoms with Crippen molar-refractivity contribution in [3.63, 3.8) is 0 Å². The number of aromatic nitrogens is 2. The molecule has 5 nitrogen and oxygen atoms in total. The summed E-state index contributed by atoms with van der Waals surface area (Å²) in [5.41, 5.74) is 0. The predicted molar refractivity (Wildman–Crippen MR) is 81.9 cm³/mol. The second kappa shape index (κ2) is 7.94. The maximum atomic E-state index is 4.50. The van der Waals surface area contributed by atoms with E-state index in [-0.39, 0.29) is 0 Å². The molecule has 0 aromatic carbocycles. The molecule has 0 saturated carbocycles. The summed E-state index contributed by atoms with van der Waals surface area (Å²) in [6.45, 7) is 9.21. The van der Waals surface area contributed by atoms with Crippen molar-refractivity contribution in [2.75, 3.05) is 43.9 Å². The largest absolute Gasteiger partial charge is 0.369 e. The van der Waals surface area contributed by atoms with Gasteiger partial charge in [0.25, 0.3) is 0 Å². The monoisotopic (exact) mass is 265 g/mol. The summed E-state index contributed by atoms with van der Waals surface area (Å²) in [5.74, 6) is 3.40. The summed E-state index contributed by atoms with van der Waals surface area (Å²) in [5, 5.41) is 6.41. The number of likely N-dealkylation sites (N-methyl/N-ethyl adjacent to an activating group) is 1. The third-order valence-electron chi connectivity index (χ3n) is 2.94. The van der Waals surface area contributed by atoms with Gasteiger partial charge in [-0.3, -0.25) is 0 Å². The van der Waals surface area contributed by atoms with Gasteiger partial charge in [0.1, 0.15) is 17.5 Å². The van der Waals surface area contributed by atoms with Gasteiger partial charge in [0.05, 0.1) is 0 Å². The van der Waals surface area contributed by atoms with Crippen LogP contribution in [0.25, 0.3) is 0 Å². The van der Waals surface area contributed by atoms with Crippen molar-refractivity contribution >= 4 is 11.6 Å². The molecular formula is C14H27N5. The van der Waals surface area contributed by atoms with Crippen LogP contribution in [-0.2, 0) is 0 Å². The molecule has 0 amide bonds. The fourth-order valence-corrected chi connectivity index (χ4v) is 1.72. The van der Waals surface area contributed by atoms with E-state index in [2.05, 4.69) is 46.4 Å². The average molecular weight is 265 g/mol. The molecule has 1 aromatic rings. The lowest BCUT2D eigenvalue weighted by Crippen LogP contribution is -2.22. The number of anilines is 2. The topological polar surface area (TPSA) is 53.1 Å². The van der Waals surface area contributed by atoms with Crippen LogP contribution in [0.4, 0.5) is 11.6 Å². The fraction of sp³-hybridized carbons (Fsp3) is 0.714. The Labute approximate surface area is 116 Å². The molecule has 0 radical (unpaired) electrons. The normalized spacial score (nSPS) is 10.8. The quantitative estimate of drug-likeness (QED) is 0.703. The number of aryl methyl sites for hydroxylation is 1. The zero-order valence-corrected chi connectivity index (χ0v) is 12.8. The molecule has 0 saturated heterocycles. The van der Waals surface area contributed by atoms with E-state index in [4.69, 9.17) is 0 Å². The van der Waals surface area contributed by atoms with Crippen LogP contribution in [0.15, 0.2) is 6.07 Å². The van der Waals surface area contributed by atoms with Crippen molar-refractivity contribution in [1.29, 1.82) is 0 Å². The molecule has 0 aliphatic carbocycles. The van der Waals surface area contributed by atoms with Gasteiger partial charge in [-0.2, -0.15) is 0 Å². The van der Waals surface area contributed by atoms with Crippen LogP contribution < -0.4 is 15.5 Å². The highest BCUT2D eigenvalue weighted by Gasteiger charge is 2.07. The van der Waals surface area contributed by atoms with Crippen molar-refractivity contribution in [3.05, 3.63) is 11.9 Å². The van der Waals surface area contributed by atoms with E-state index in [1.807, 2.05) is 20.0 Å². The van der Waals surface area contributed by atoms with E-state index in [0.717, 1.165) is 37.1 Å². The molecule has 1 rings (SSSR count). The van der Waals surface area contributed by atoms with Crippen molar-refractivity contribution in [2.45, 2.75) is 27.2 Å². The first-order valence-corrected chi connectivity index (χ1v) is 6.98. The Morgan fingerprint density at radius 3 is 2.63 bits per heavy atom. The highest BCUT2D eigenvalue weighted by Crippen LogP contribution is 2.15. The zero-order chi connectivity index (χ0) is 14.3. The summed E-state index contributed by atoms with van der Waals surface area (Å²) >= 11 is 0. The van der Waals surface area contributed by atoms with Crippen molar-refractivity contribution < 1.29 is 0 Å². The van der Waals surface area contributed by atoms with E-state index in [1.165, 1.54) is 6.42 Å². The number of rotatable bonds is 8. The van der Waals surface area contributed by atoms with Gasteiger partial charge < -0.3 is 15.5 Å². The second-order valence-corrected chi connectivity index (χ2v) is 5.29. The molecule has 1 heterocycles. The Kier molecular flexibility index (Phi) is 6.56. The molecule has 108 valence electrons. The number of hydrogen-bond acceptors (Lipinski definition) is 5. The summed E-state index contributed by atoms with van der Waals surface area (Å²) in [7, 11) is 4.03. The Morgan fingerprint density at radius 2 is 2.00 bits per heavy atom. The summed E-state index contributed by atoms with van der Waals surface area (Å²) < 4.78 is 0.